The maximum Gasteiger partial charge on any atom is 0.260 e. The summed E-state index contributed by atoms with van der Waals surface area (Å²) in [5.41, 5.74) is 2.18. The molecule has 0 bridgehead atoms. The van der Waals surface area contributed by atoms with Crippen LogP contribution >= 0.6 is 11.6 Å². The summed E-state index contributed by atoms with van der Waals surface area (Å²) in [6.07, 6.45) is 0. The molecule has 0 aliphatic rings. The lowest BCUT2D eigenvalue weighted by Crippen LogP contribution is -2.13. The topological polar surface area (TPSA) is 98.1 Å². The van der Waals surface area contributed by atoms with E-state index in [9.17, 15) is 9.90 Å². The summed E-state index contributed by atoms with van der Waals surface area (Å²) in [4.78, 5) is 17.1. The van der Waals surface area contributed by atoms with E-state index in [4.69, 9.17) is 16.0 Å². The van der Waals surface area contributed by atoms with Gasteiger partial charge in [-0.05, 0) is 35.2 Å². The van der Waals surface area contributed by atoms with E-state index in [1.807, 2.05) is 43.3 Å². The normalized spacial score (nSPS) is 11.1. The highest BCUT2D eigenvalue weighted by atomic mass is 35.5. The molecule has 0 amide bonds. The Morgan fingerprint density at radius 2 is 1.86 bits per heavy atom. The molecule has 142 valence electrons. The molecule has 0 aliphatic heterocycles. The molecular weight excluding hydrogens is 380 g/mol. The number of aromatic nitrogens is 3. The van der Waals surface area contributed by atoms with Gasteiger partial charge in [-0.3, -0.25) is 4.79 Å². The first-order valence-electron chi connectivity index (χ1n) is 8.50. The van der Waals surface area contributed by atoms with Crippen LogP contribution in [0.4, 0.5) is 5.69 Å². The fourth-order valence-electron chi connectivity index (χ4n) is 3.04. The van der Waals surface area contributed by atoms with Crippen LogP contribution in [-0.4, -0.2) is 29.3 Å². The van der Waals surface area contributed by atoms with Crippen molar-refractivity contribution in [2.45, 2.75) is 6.92 Å². The van der Waals surface area contributed by atoms with Crippen LogP contribution in [0.15, 0.2) is 45.6 Å². The van der Waals surface area contributed by atoms with Gasteiger partial charge in [-0.25, -0.2) is 0 Å². The average molecular weight is 396 g/mol. The SMILES string of the molecule is Cc1nnc(-c2c([O-])c3cc(-c4ccc(N(C)C)cc4)c(Cl)cc3[nH]c2=O)o1. The summed E-state index contributed by atoms with van der Waals surface area (Å²) < 4.78 is 5.28. The number of nitrogens with zero attached hydrogens (tertiary/aromatic N) is 3. The maximum atomic E-state index is 13.0. The van der Waals surface area contributed by atoms with Gasteiger partial charge in [-0.2, -0.15) is 0 Å². The van der Waals surface area contributed by atoms with Crippen molar-refractivity contribution >= 4 is 28.2 Å². The van der Waals surface area contributed by atoms with Gasteiger partial charge >= 0.3 is 0 Å². The van der Waals surface area contributed by atoms with Crippen molar-refractivity contribution in [3.05, 3.63) is 57.7 Å². The third-order valence-electron chi connectivity index (χ3n) is 4.49. The van der Waals surface area contributed by atoms with Crippen LogP contribution in [0.25, 0.3) is 33.5 Å². The molecule has 4 rings (SSSR count). The third kappa shape index (κ3) is 2.99. The molecule has 0 unspecified atom stereocenters. The van der Waals surface area contributed by atoms with Gasteiger partial charge < -0.3 is 19.4 Å². The van der Waals surface area contributed by atoms with E-state index in [2.05, 4.69) is 15.2 Å². The molecule has 0 radical (unpaired) electrons. The third-order valence-corrected chi connectivity index (χ3v) is 4.80. The van der Waals surface area contributed by atoms with E-state index in [0.717, 1.165) is 11.3 Å². The second kappa shape index (κ2) is 6.69. The average Bonchev–Trinajstić information content (AvgIpc) is 3.07. The second-order valence-electron chi connectivity index (χ2n) is 6.60. The monoisotopic (exact) mass is 395 g/mol. The van der Waals surface area contributed by atoms with Gasteiger partial charge in [0.2, 0.25) is 5.89 Å². The lowest BCUT2D eigenvalue weighted by Gasteiger charge is -2.17. The first kappa shape index (κ1) is 18.1. The minimum Gasteiger partial charge on any atom is -0.871 e. The number of rotatable bonds is 3. The lowest BCUT2D eigenvalue weighted by atomic mass is 10.0. The van der Waals surface area contributed by atoms with Crippen LogP contribution in [0, 0.1) is 6.92 Å². The predicted octanol–water partition coefficient (Wildman–Crippen LogP) is 3.35. The first-order chi connectivity index (χ1) is 13.3. The van der Waals surface area contributed by atoms with Gasteiger partial charge in [0.05, 0.1) is 10.6 Å². The smallest absolute Gasteiger partial charge is 0.260 e. The highest BCUT2D eigenvalue weighted by Gasteiger charge is 2.16. The summed E-state index contributed by atoms with van der Waals surface area (Å²) in [6.45, 7) is 1.59. The zero-order chi connectivity index (χ0) is 20.0. The molecule has 8 heteroatoms. The van der Waals surface area contributed by atoms with Gasteiger partial charge in [-0.1, -0.05) is 29.5 Å². The Kier molecular flexibility index (Phi) is 4.31. The number of nitrogens with one attached hydrogen (secondary N) is 1. The number of hydrogen-bond acceptors (Lipinski definition) is 6. The fraction of sp³-hybridized carbons (Fsp3) is 0.150. The lowest BCUT2D eigenvalue weighted by molar-refractivity contribution is -0.265. The molecule has 0 aliphatic carbocycles. The second-order valence-corrected chi connectivity index (χ2v) is 7.01. The number of H-pyrrole nitrogens is 1. The van der Waals surface area contributed by atoms with Crippen LogP contribution in [0.1, 0.15) is 5.89 Å². The predicted molar refractivity (Wildman–Crippen MR) is 107 cm³/mol. The molecule has 28 heavy (non-hydrogen) atoms. The van der Waals surface area contributed by atoms with Crippen LogP contribution in [-0.2, 0) is 0 Å². The van der Waals surface area contributed by atoms with Crippen molar-refractivity contribution < 1.29 is 9.52 Å². The number of fused-ring (bicyclic) bond motifs is 1. The highest BCUT2D eigenvalue weighted by molar-refractivity contribution is 6.34. The number of hydrogen-bond donors (Lipinski definition) is 1. The maximum absolute atomic E-state index is 13.0. The molecule has 1 N–H and O–H groups in total. The van der Waals surface area contributed by atoms with Crippen molar-refractivity contribution in [2.75, 3.05) is 19.0 Å². The molecule has 0 saturated heterocycles. The number of aromatic amines is 1. The van der Waals surface area contributed by atoms with Crippen molar-refractivity contribution in [3.63, 3.8) is 0 Å². The molecule has 0 spiro atoms. The number of pyridine rings is 1. The van der Waals surface area contributed by atoms with Crippen LogP contribution in [0.5, 0.6) is 5.75 Å². The number of aryl methyl sites for hydroxylation is 1. The minimum absolute atomic E-state index is 0.0996. The molecule has 2 aromatic heterocycles. The summed E-state index contributed by atoms with van der Waals surface area (Å²) in [5, 5.41) is 21.2. The van der Waals surface area contributed by atoms with Crippen LogP contribution in [0.3, 0.4) is 0 Å². The zero-order valence-electron chi connectivity index (χ0n) is 15.4. The van der Waals surface area contributed by atoms with E-state index in [1.54, 1.807) is 19.1 Å². The molecule has 2 aromatic carbocycles. The molecule has 4 aromatic rings. The Balaban J connectivity index is 1.92. The number of benzene rings is 2. The van der Waals surface area contributed by atoms with E-state index in [-0.39, 0.29) is 17.3 Å². The van der Waals surface area contributed by atoms with E-state index < -0.39 is 11.3 Å². The Bertz CT molecular complexity index is 1240. The summed E-state index contributed by atoms with van der Waals surface area (Å²) in [5.74, 6) is -0.311. The molecule has 0 atom stereocenters. The zero-order valence-corrected chi connectivity index (χ0v) is 16.2. The molecule has 7 nitrogen and oxygen atoms in total. The molecular formula is C20H16ClN4O3-. The summed E-state index contributed by atoms with van der Waals surface area (Å²) in [7, 11) is 3.91. The Morgan fingerprint density at radius 1 is 1.14 bits per heavy atom. The van der Waals surface area contributed by atoms with Gasteiger partial charge in [0, 0.05) is 37.8 Å². The summed E-state index contributed by atoms with van der Waals surface area (Å²) >= 11 is 6.43. The molecule has 2 heterocycles. The first-order valence-corrected chi connectivity index (χ1v) is 8.87. The minimum atomic E-state index is -0.597. The van der Waals surface area contributed by atoms with E-state index >= 15 is 0 Å². The van der Waals surface area contributed by atoms with Crippen molar-refractivity contribution in [1.29, 1.82) is 0 Å². The van der Waals surface area contributed by atoms with E-state index in [1.165, 1.54) is 0 Å². The van der Waals surface area contributed by atoms with Crippen molar-refractivity contribution in [1.82, 2.24) is 15.2 Å². The quantitative estimate of drug-likeness (QED) is 0.571. The number of halogens is 1. The van der Waals surface area contributed by atoms with Crippen LogP contribution < -0.4 is 15.6 Å². The molecule has 0 fully saturated rings. The largest absolute Gasteiger partial charge is 0.871 e. The molecule has 0 saturated carbocycles. The Labute approximate surface area is 165 Å². The van der Waals surface area contributed by atoms with Crippen molar-refractivity contribution in [2.24, 2.45) is 0 Å². The fourth-order valence-corrected chi connectivity index (χ4v) is 3.31. The van der Waals surface area contributed by atoms with Crippen LogP contribution in [0.2, 0.25) is 5.02 Å². The van der Waals surface area contributed by atoms with Gasteiger partial charge in [0.1, 0.15) is 0 Å². The van der Waals surface area contributed by atoms with Gasteiger partial charge in [-0.15, -0.1) is 10.2 Å². The van der Waals surface area contributed by atoms with E-state index in [0.29, 0.717) is 21.5 Å². The number of anilines is 1. The Morgan fingerprint density at radius 3 is 2.46 bits per heavy atom. The van der Waals surface area contributed by atoms with Crippen molar-refractivity contribution in [3.8, 4) is 28.3 Å². The standard InChI is InChI=1S/C20H17ClN4O3/c1-10-23-24-20(28-10)17-18(26)14-8-13(15(21)9-16(14)22-19(17)27)11-4-6-12(7-5-11)25(2)3/h4-9H,1-3H3,(H2,22,26,27)/p-1. The highest BCUT2D eigenvalue weighted by Crippen LogP contribution is 2.36. The van der Waals surface area contributed by atoms with Gasteiger partial charge in [0.25, 0.3) is 11.4 Å². The van der Waals surface area contributed by atoms with Gasteiger partial charge in [0.15, 0.2) is 0 Å². The Hall–Kier alpha value is -3.32. The summed E-state index contributed by atoms with van der Waals surface area (Å²) in [6, 6.07) is 11.0.